The van der Waals surface area contributed by atoms with Crippen molar-refractivity contribution in [1.82, 2.24) is 0 Å². The van der Waals surface area contributed by atoms with Gasteiger partial charge in [-0.15, -0.1) is 0 Å². The Bertz CT molecular complexity index is 1320. The number of ether oxygens (including phenoxy) is 2. The molecule has 0 spiro atoms. The molecular weight excluding hydrogens is 456 g/mol. The van der Waals surface area contributed by atoms with Gasteiger partial charge in [0.2, 0.25) is 0 Å². The van der Waals surface area contributed by atoms with E-state index in [-0.39, 0.29) is 35.5 Å². The van der Waals surface area contributed by atoms with E-state index in [1.54, 1.807) is 49.4 Å². The first-order valence-electron chi connectivity index (χ1n) is 11.2. The molecule has 0 N–H and O–H groups in total. The molecule has 180 valence electrons. The lowest BCUT2D eigenvalue weighted by Crippen LogP contribution is -2.04. The van der Waals surface area contributed by atoms with Gasteiger partial charge in [0, 0.05) is 28.9 Å². The molecule has 0 bridgehead atoms. The number of benzene rings is 4. The van der Waals surface area contributed by atoms with Gasteiger partial charge in [0.1, 0.15) is 12.4 Å². The van der Waals surface area contributed by atoms with Crippen LogP contribution in [0.1, 0.15) is 23.6 Å². The van der Waals surface area contributed by atoms with E-state index in [0.29, 0.717) is 23.5 Å². The van der Waals surface area contributed by atoms with Crippen LogP contribution >= 0.6 is 0 Å². The summed E-state index contributed by atoms with van der Waals surface area (Å²) < 4.78 is 69.0. The zero-order valence-electron chi connectivity index (χ0n) is 19.4. The van der Waals surface area contributed by atoms with Gasteiger partial charge in [-0.1, -0.05) is 66.2 Å². The molecule has 0 atom stereocenters. The lowest BCUT2D eigenvalue weighted by molar-refractivity contribution is 0.130. The molecule has 0 saturated carbocycles. The summed E-state index contributed by atoms with van der Waals surface area (Å²) in [6, 6.07) is 19.5. The van der Waals surface area contributed by atoms with E-state index < -0.39 is 23.3 Å². The van der Waals surface area contributed by atoms with Crippen molar-refractivity contribution in [2.75, 3.05) is 6.61 Å². The average Bonchev–Trinajstić information content (AvgIpc) is 2.87. The predicted molar refractivity (Wildman–Crippen MR) is 128 cm³/mol. The molecular formula is C29H24F4O2. The Morgan fingerprint density at radius 2 is 1.06 bits per heavy atom. The van der Waals surface area contributed by atoms with E-state index in [1.165, 1.54) is 18.2 Å². The minimum atomic E-state index is -0.981. The molecule has 0 fully saturated rings. The van der Waals surface area contributed by atoms with Crippen molar-refractivity contribution in [2.45, 2.75) is 27.1 Å². The summed E-state index contributed by atoms with van der Waals surface area (Å²) >= 11 is 0. The van der Waals surface area contributed by atoms with Gasteiger partial charge in [0.25, 0.3) is 0 Å². The minimum absolute atomic E-state index is 0.00892. The molecule has 4 aromatic rings. The van der Waals surface area contributed by atoms with E-state index in [1.807, 2.05) is 19.1 Å². The summed E-state index contributed by atoms with van der Waals surface area (Å²) in [5.74, 6) is -3.42. The second kappa shape index (κ2) is 10.7. The number of hydrogen-bond donors (Lipinski definition) is 0. The molecule has 4 aromatic carbocycles. The largest absolute Gasteiger partial charge is 0.489 e. The third-order valence-electron chi connectivity index (χ3n) is 5.71. The molecule has 0 unspecified atom stereocenters. The first-order valence-corrected chi connectivity index (χ1v) is 11.2. The summed E-state index contributed by atoms with van der Waals surface area (Å²) in [4.78, 5) is 0. The molecule has 4 rings (SSSR count). The normalized spacial score (nSPS) is 11.0. The highest BCUT2D eigenvalue weighted by molar-refractivity contribution is 5.72. The molecule has 0 amide bonds. The quantitative estimate of drug-likeness (QED) is 0.238. The highest BCUT2D eigenvalue weighted by Crippen LogP contribution is 2.32. The molecule has 0 aromatic heterocycles. The topological polar surface area (TPSA) is 18.5 Å². The van der Waals surface area contributed by atoms with Gasteiger partial charge < -0.3 is 9.47 Å². The van der Waals surface area contributed by atoms with Gasteiger partial charge in [-0.05, 0) is 37.1 Å². The van der Waals surface area contributed by atoms with Gasteiger partial charge in [0.15, 0.2) is 23.3 Å². The molecule has 6 heteroatoms. The monoisotopic (exact) mass is 480 g/mol. The average molecular weight is 481 g/mol. The standard InChI is InChI=1S/C29H24F4O2/c1-3-34-16-21-8-9-22(27(31)26(21)30)17-35-23-12-10-20(11-13-23)25-15-14-24(28(32)29(25)33)19-6-4-18(2)5-7-19/h4-15H,3,16-17H2,1-2H3. The first kappa shape index (κ1) is 24.5. The zero-order valence-corrected chi connectivity index (χ0v) is 19.4. The van der Waals surface area contributed by atoms with Crippen LogP contribution < -0.4 is 4.74 Å². The highest BCUT2D eigenvalue weighted by atomic mass is 19.2. The molecule has 35 heavy (non-hydrogen) atoms. The maximum Gasteiger partial charge on any atom is 0.167 e. The number of halogens is 4. The van der Waals surface area contributed by atoms with Crippen LogP contribution in [0, 0.1) is 30.2 Å². The van der Waals surface area contributed by atoms with Gasteiger partial charge in [0.05, 0.1) is 6.61 Å². The number of aryl methyl sites for hydroxylation is 1. The van der Waals surface area contributed by atoms with E-state index in [2.05, 4.69) is 0 Å². The Hall–Kier alpha value is -3.64. The highest BCUT2D eigenvalue weighted by Gasteiger charge is 2.17. The van der Waals surface area contributed by atoms with Crippen LogP contribution in [0.2, 0.25) is 0 Å². The van der Waals surface area contributed by atoms with Crippen LogP contribution in [0.3, 0.4) is 0 Å². The van der Waals surface area contributed by atoms with Crippen molar-refractivity contribution < 1.29 is 27.0 Å². The van der Waals surface area contributed by atoms with Crippen molar-refractivity contribution in [3.63, 3.8) is 0 Å². The van der Waals surface area contributed by atoms with Crippen LogP contribution in [0.25, 0.3) is 22.3 Å². The van der Waals surface area contributed by atoms with Crippen LogP contribution in [0.4, 0.5) is 17.6 Å². The lowest BCUT2D eigenvalue weighted by atomic mass is 9.98. The van der Waals surface area contributed by atoms with Gasteiger partial charge >= 0.3 is 0 Å². The molecule has 0 aliphatic carbocycles. The van der Waals surface area contributed by atoms with Crippen LogP contribution in [-0.4, -0.2) is 6.61 Å². The van der Waals surface area contributed by atoms with E-state index in [4.69, 9.17) is 9.47 Å². The fourth-order valence-electron chi connectivity index (χ4n) is 3.68. The van der Waals surface area contributed by atoms with E-state index in [0.717, 1.165) is 5.56 Å². The lowest BCUT2D eigenvalue weighted by Gasteiger charge is -2.12. The van der Waals surface area contributed by atoms with Crippen LogP contribution in [0.5, 0.6) is 5.75 Å². The van der Waals surface area contributed by atoms with Gasteiger partial charge in [-0.3, -0.25) is 0 Å². The van der Waals surface area contributed by atoms with Crippen molar-refractivity contribution in [3.8, 4) is 28.0 Å². The molecule has 0 saturated heterocycles. The predicted octanol–water partition coefficient (Wildman–Crippen LogP) is 8.00. The molecule has 0 radical (unpaired) electrons. The molecule has 0 aliphatic heterocycles. The van der Waals surface area contributed by atoms with Crippen molar-refractivity contribution >= 4 is 0 Å². The summed E-state index contributed by atoms with van der Waals surface area (Å²) in [5, 5.41) is 0. The summed E-state index contributed by atoms with van der Waals surface area (Å²) in [6.45, 7) is 3.89. The fraction of sp³-hybridized carbons (Fsp3) is 0.172. The van der Waals surface area contributed by atoms with Gasteiger partial charge in [-0.25, -0.2) is 17.6 Å². The van der Waals surface area contributed by atoms with Crippen molar-refractivity contribution in [1.29, 1.82) is 0 Å². The minimum Gasteiger partial charge on any atom is -0.489 e. The Kier molecular flexibility index (Phi) is 7.51. The van der Waals surface area contributed by atoms with E-state index >= 15 is 0 Å². The third-order valence-corrected chi connectivity index (χ3v) is 5.71. The summed E-state index contributed by atoms with van der Waals surface area (Å²) in [7, 11) is 0. The van der Waals surface area contributed by atoms with E-state index in [9.17, 15) is 17.6 Å². The second-order valence-electron chi connectivity index (χ2n) is 8.12. The zero-order chi connectivity index (χ0) is 24.9. The first-order chi connectivity index (χ1) is 16.9. The van der Waals surface area contributed by atoms with Crippen LogP contribution in [-0.2, 0) is 18.0 Å². The SMILES string of the molecule is CCOCc1ccc(COc2ccc(-c3ccc(-c4ccc(C)cc4)c(F)c3F)cc2)c(F)c1F. The van der Waals surface area contributed by atoms with Crippen molar-refractivity contribution in [2.24, 2.45) is 0 Å². The number of rotatable bonds is 8. The molecule has 0 aliphatic rings. The van der Waals surface area contributed by atoms with Gasteiger partial charge in [-0.2, -0.15) is 0 Å². The maximum atomic E-state index is 14.9. The Balaban J connectivity index is 1.48. The van der Waals surface area contributed by atoms with Crippen LogP contribution in [0.15, 0.2) is 72.8 Å². The third kappa shape index (κ3) is 5.38. The Labute approximate surface area is 201 Å². The van der Waals surface area contributed by atoms with Crippen molar-refractivity contribution in [3.05, 3.63) is 113 Å². The molecule has 0 heterocycles. The smallest absolute Gasteiger partial charge is 0.167 e. The maximum absolute atomic E-state index is 14.9. The Morgan fingerprint density at radius 3 is 1.57 bits per heavy atom. The summed E-state index contributed by atoms with van der Waals surface area (Å²) in [6.07, 6.45) is 0. The fourth-order valence-corrected chi connectivity index (χ4v) is 3.68. The second-order valence-corrected chi connectivity index (χ2v) is 8.12. The number of hydrogen-bond acceptors (Lipinski definition) is 2. The summed E-state index contributed by atoms with van der Waals surface area (Å²) in [5.41, 5.74) is 2.58. The molecule has 2 nitrogen and oxygen atoms in total. The Morgan fingerprint density at radius 1 is 0.571 bits per heavy atom.